The Kier molecular flexibility index (Phi) is 30.1. The molecule has 0 aromatic heterocycles. The Morgan fingerprint density at radius 2 is 0.767 bits per heavy atom. The monoisotopic (exact) mass is 851 g/mol. The van der Waals surface area contributed by atoms with Crippen molar-refractivity contribution in [3.63, 3.8) is 0 Å². The van der Waals surface area contributed by atoms with Gasteiger partial charge in [-0.1, -0.05) is 55.5 Å². The van der Waals surface area contributed by atoms with Gasteiger partial charge in [0, 0.05) is 25.9 Å². The molecule has 16 heteroatoms. The fourth-order valence-electron chi connectivity index (χ4n) is 5.79. The molecule has 0 bridgehead atoms. The van der Waals surface area contributed by atoms with Crippen LogP contribution in [0.15, 0.2) is 48.5 Å². The Bertz CT molecular complexity index is 1320. The standard InChI is InChI=1S/C44H69NO15/c1-3-8-43(46)59-36-35-58-34-33-57-32-31-56-30-29-55-28-27-54-26-25-53-24-23-52-22-21-51-20-19-50-18-17-49-16-15-48-14-13-45(2)44(47)60-37-42-40-11-6-4-9-38(40)39-10-5-7-12-41(39)42/h4-7,9-12,42H,3,8,13-37H2,1-2H3. The van der Waals surface area contributed by atoms with E-state index in [9.17, 15) is 9.59 Å². The molecule has 1 amide bonds. The zero-order chi connectivity index (χ0) is 42.6. The Morgan fingerprint density at radius 3 is 1.12 bits per heavy atom. The Morgan fingerprint density at radius 1 is 0.450 bits per heavy atom. The van der Waals surface area contributed by atoms with Crippen LogP contribution in [0.25, 0.3) is 11.1 Å². The first-order valence-electron chi connectivity index (χ1n) is 21.2. The van der Waals surface area contributed by atoms with E-state index in [0.717, 1.165) is 6.42 Å². The van der Waals surface area contributed by atoms with Crippen LogP contribution in [0.4, 0.5) is 4.79 Å². The summed E-state index contributed by atoms with van der Waals surface area (Å²) in [5.74, 6) is -0.159. The van der Waals surface area contributed by atoms with Crippen LogP contribution in [-0.4, -0.2) is 189 Å². The average Bonchev–Trinajstić information content (AvgIpc) is 3.58. The molecule has 60 heavy (non-hydrogen) atoms. The number of ether oxygens (including phenoxy) is 13. The minimum Gasteiger partial charge on any atom is -0.463 e. The first kappa shape index (κ1) is 51.1. The Hall–Kier alpha value is -3.26. The number of rotatable bonds is 40. The molecule has 0 atom stereocenters. The van der Waals surface area contributed by atoms with Gasteiger partial charge in [-0.15, -0.1) is 0 Å². The van der Waals surface area contributed by atoms with Crippen LogP contribution in [-0.2, 0) is 66.4 Å². The van der Waals surface area contributed by atoms with Crippen LogP contribution in [0.5, 0.6) is 0 Å². The predicted octanol–water partition coefficient (Wildman–Crippen LogP) is 4.39. The van der Waals surface area contributed by atoms with Gasteiger partial charge in [0.25, 0.3) is 0 Å². The van der Waals surface area contributed by atoms with Crippen LogP contribution >= 0.6 is 0 Å². The van der Waals surface area contributed by atoms with E-state index in [4.69, 9.17) is 61.6 Å². The van der Waals surface area contributed by atoms with Crippen molar-refractivity contribution in [2.45, 2.75) is 25.7 Å². The lowest BCUT2D eigenvalue weighted by molar-refractivity contribution is -0.145. The van der Waals surface area contributed by atoms with Crippen molar-refractivity contribution in [3.8, 4) is 11.1 Å². The number of esters is 1. The number of carbonyl (C=O) groups excluding carboxylic acids is 2. The van der Waals surface area contributed by atoms with Crippen LogP contribution in [0, 0.1) is 0 Å². The van der Waals surface area contributed by atoms with Crippen LogP contribution < -0.4 is 0 Å². The molecule has 1 aliphatic carbocycles. The molecule has 0 heterocycles. The quantitative estimate of drug-likeness (QED) is 0.0687. The molecular weight excluding hydrogens is 782 g/mol. The molecule has 0 N–H and O–H groups in total. The summed E-state index contributed by atoms with van der Waals surface area (Å²) in [5.41, 5.74) is 4.78. The number of amides is 1. The highest BCUT2D eigenvalue weighted by Crippen LogP contribution is 2.44. The van der Waals surface area contributed by atoms with Crippen molar-refractivity contribution in [3.05, 3.63) is 59.7 Å². The summed E-state index contributed by atoms with van der Waals surface area (Å²) in [5, 5.41) is 0. The van der Waals surface area contributed by atoms with E-state index in [-0.39, 0.29) is 24.6 Å². The molecule has 16 nitrogen and oxygen atoms in total. The molecule has 2 aromatic rings. The van der Waals surface area contributed by atoms with Gasteiger partial charge in [0.2, 0.25) is 0 Å². The van der Waals surface area contributed by atoms with Crippen molar-refractivity contribution in [1.82, 2.24) is 4.90 Å². The molecule has 0 unspecified atom stereocenters. The third-order valence-electron chi connectivity index (χ3n) is 8.88. The second-order valence-electron chi connectivity index (χ2n) is 13.4. The molecule has 340 valence electrons. The van der Waals surface area contributed by atoms with Gasteiger partial charge >= 0.3 is 12.1 Å². The van der Waals surface area contributed by atoms with E-state index >= 15 is 0 Å². The molecule has 2 aromatic carbocycles. The first-order valence-corrected chi connectivity index (χ1v) is 21.2. The van der Waals surface area contributed by atoms with Crippen molar-refractivity contribution in [2.24, 2.45) is 0 Å². The summed E-state index contributed by atoms with van der Waals surface area (Å²) in [7, 11) is 1.71. The summed E-state index contributed by atoms with van der Waals surface area (Å²) in [6.45, 7) is 13.1. The molecule has 0 radical (unpaired) electrons. The molecular formula is C44H69NO15. The fraction of sp³-hybridized carbons (Fsp3) is 0.682. The number of nitrogens with zero attached hydrogens (tertiary/aromatic N) is 1. The second kappa shape index (κ2) is 35.3. The Labute approximate surface area is 356 Å². The third-order valence-corrected chi connectivity index (χ3v) is 8.88. The maximum absolute atomic E-state index is 12.6. The second-order valence-corrected chi connectivity index (χ2v) is 13.4. The van der Waals surface area contributed by atoms with Gasteiger partial charge in [0.15, 0.2) is 0 Å². The summed E-state index contributed by atoms with van der Waals surface area (Å²) < 4.78 is 71.1. The van der Waals surface area contributed by atoms with Gasteiger partial charge in [-0.2, -0.15) is 0 Å². The molecule has 0 aliphatic heterocycles. The van der Waals surface area contributed by atoms with E-state index < -0.39 is 0 Å². The highest BCUT2D eigenvalue weighted by Gasteiger charge is 2.29. The SMILES string of the molecule is CCCC(=O)OCCOCCOCCOCCOCCOCCOCCOCCOCCOCCOCCOCCN(C)C(=O)OCC1c2ccccc2-c2ccccc21. The number of fused-ring (bicyclic) bond motifs is 3. The fourth-order valence-corrected chi connectivity index (χ4v) is 5.79. The topological polar surface area (TPSA) is 157 Å². The lowest BCUT2D eigenvalue weighted by atomic mass is 9.98. The van der Waals surface area contributed by atoms with Gasteiger partial charge in [-0.25, -0.2) is 4.79 Å². The lowest BCUT2D eigenvalue weighted by Gasteiger charge is -2.19. The highest BCUT2D eigenvalue weighted by molar-refractivity contribution is 5.79. The van der Waals surface area contributed by atoms with Crippen LogP contribution in [0.2, 0.25) is 0 Å². The van der Waals surface area contributed by atoms with Crippen molar-refractivity contribution < 1.29 is 71.2 Å². The van der Waals surface area contributed by atoms with Gasteiger partial charge in [-0.05, 0) is 28.7 Å². The molecule has 0 saturated heterocycles. The lowest BCUT2D eigenvalue weighted by Crippen LogP contribution is -2.32. The first-order chi connectivity index (χ1) is 29.6. The summed E-state index contributed by atoms with van der Waals surface area (Å²) in [6, 6.07) is 16.6. The maximum Gasteiger partial charge on any atom is 0.409 e. The predicted molar refractivity (Wildman–Crippen MR) is 223 cm³/mol. The number of carbonyl (C=O) groups is 2. The number of benzene rings is 2. The molecule has 1 aliphatic rings. The molecule has 0 saturated carbocycles. The van der Waals surface area contributed by atoms with Gasteiger partial charge in [-0.3, -0.25) is 4.79 Å². The third kappa shape index (κ3) is 23.7. The summed E-state index contributed by atoms with van der Waals surface area (Å²) in [6.07, 6.45) is 0.848. The molecule has 0 fully saturated rings. The normalized spacial score (nSPS) is 12.1. The molecule has 0 spiro atoms. The van der Waals surface area contributed by atoms with Crippen LogP contribution in [0.1, 0.15) is 36.8 Å². The average molecular weight is 852 g/mol. The molecule has 3 rings (SSSR count). The number of hydrogen-bond acceptors (Lipinski definition) is 15. The summed E-state index contributed by atoms with van der Waals surface area (Å²) >= 11 is 0. The van der Waals surface area contributed by atoms with Gasteiger partial charge in [0.1, 0.15) is 13.2 Å². The van der Waals surface area contributed by atoms with E-state index in [1.807, 2.05) is 31.2 Å². The van der Waals surface area contributed by atoms with Crippen molar-refractivity contribution in [2.75, 3.05) is 172 Å². The minimum absolute atomic E-state index is 0.0342. The smallest absolute Gasteiger partial charge is 0.409 e. The number of hydrogen-bond donors (Lipinski definition) is 0. The summed E-state index contributed by atoms with van der Waals surface area (Å²) in [4.78, 5) is 25.4. The van der Waals surface area contributed by atoms with E-state index in [0.29, 0.717) is 165 Å². The maximum atomic E-state index is 12.6. The van der Waals surface area contributed by atoms with Gasteiger partial charge in [0.05, 0.1) is 145 Å². The van der Waals surface area contributed by atoms with E-state index in [1.165, 1.54) is 27.2 Å². The van der Waals surface area contributed by atoms with Gasteiger partial charge < -0.3 is 66.5 Å². The zero-order valence-corrected chi connectivity index (χ0v) is 35.9. The Balaban J connectivity index is 0.944. The van der Waals surface area contributed by atoms with Crippen molar-refractivity contribution >= 4 is 12.1 Å². The largest absolute Gasteiger partial charge is 0.463 e. The van der Waals surface area contributed by atoms with Crippen molar-refractivity contribution in [1.29, 1.82) is 0 Å². The zero-order valence-electron chi connectivity index (χ0n) is 35.9. The van der Waals surface area contributed by atoms with E-state index in [2.05, 4.69) is 24.3 Å². The van der Waals surface area contributed by atoms with E-state index in [1.54, 1.807) is 7.05 Å². The minimum atomic E-state index is -0.368. The highest BCUT2D eigenvalue weighted by atomic mass is 16.6. The number of likely N-dealkylation sites (N-methyl/N-ethyl adjacent to an activating group) is 1. The van der Waals surface area contributed by atoms with Crippen LogP contribution in [0.3, 0.4) is 0 Å².